The molecule has 4 unspecified atom stereocenters. The summed E-state index contributed by atoms with van der Waals surface area (Å²) in [5.74, 6) is 1.53. The van der Waals surface area contributed by atoms with E-state index in [0.29, 0.717) is 37.0 Å². The van der Waals surface area contributed by atoms with Crippen molar-refractivity contribution in [1.29, 1.82) is 0 Å². The molecule has 5 N–H and O–H groups in total. The Kier molecular flexibility index (Phi) is 9.94. The Morgan fingerprint density at radius 2 is 1.76 bits per heavy atom. The lowest BCUT2D eigenvalue weighted by atomic mass is 9.60. The molecule has 3 aliphatic carbocycles. The van der Waals surface area contributed by atoms with Crippen molar-refractivity contribution >= 4 is 0 Å². The third-order valence-electron chi connectivity index (χ3n) is 9.86. The SMILES string of the molecule is C=C1C(=CC=C2CCC[C@@]3(C)C2CCC3[C@@H](CCCC(C)(C)O)CCC(O)C(C)(C)O)CC(O)C[C@@H]1O. The zero-order valence-corrected chi connectivity index (χ0v) is 24.0. The van der Waals surface area contributed by atoms with E-state index >= 15 is 0 Å². The number of fused-ring (bicyclic) bond motifs is 1. The maximum atomic E-state index is 10.6. The molecule has 37 heavy (non-hydrogen) atoms. The lowest BCUT2D eigenvalue weighted by Gasteiger charge is -2.45. The molecule has 0 heterocycles. The van der Waals surface area contributed by atoms with Gasteiger partial charge in [-0.2, -0.15) is 0 Å². The average molecular weight is 519 g/mol. The standard InChI is InChI=1S/C32H54O5/c1-21-24(19-25(33)20-28(21)34)12-11-22-10-8-18-32(6)26(22)14-15-27(32)23(9-7-17-30(2,3)36)13-16-29(35)31(4,5)37/h11-12,23,25-29,33-37H,1,7-10,13-20H2,2-6H3/t23-,25?,26?,27?,28-,29?,32-/m0/s1. The van der Waals surface area contributed by atoms with Crippen molar-refractivity contribution < 1.29 is 25.5 Å². The second-order valence-electron chi connectivity index (χ2n) is 13.9. The molecule has 5 heteroatoms. The Hall–Kier alpha value is -0.980. The molecule has 3 saturated carbocycles. The van der Waals surface area contributed by atoms with E-state index in [9.17, 15) is 25.5 Å². The van der Waals surface area contributed by atoms with Gasteiger partial charge in [-0.05, 0) is 120 Å². The third kappa shape index (κ3) is 7.79. The van der Waals surface area contributed by atoms with Gasteiger partial charge in [0.25, 0.3) is 0 Å². The molecule has 0 bridgehead atoms. The summed E-state index contributed by atoms with van der Waals surface area (Å²) in [6.45, 7) is 13.7. The van der Waals surface area contributed by atoms with Crippen molar-refractivity contribution in [3.8, 4) is 0 Å². The predicted molar refractivity (Wildman–Crippen MR) is 150 cm³/mol. The predicted octanol–water partition coefficient (Wildman–Crippen LogP) is 5.60. The van der Waals surface area contributed by atoms with Crippen molar-refractivity contribution in [2.45, 2.75) is 141 Å². The highest BCUT2D eigenvalue weighted by Gasteiger charge is 2.51. The lowest BCUT2D eigenvalue weighted by molar-refractivity contribution is -0.0563. The number of allylic oxidation sites excluding steroid dienone is 3. The van der Waals surface area contributed by atoms with E-state index < -0.39 is 29.5 Å². The summed E-state index contributed by atoms with van der Waals surface area (Å²) in [5.41, 5.74) is 1.62. The molecule has 3 aliphatic rings. The molecule has 3 rings (SSSR count). The molecule has 3 fully saturated rings. The van der Waals surface area contributed by atoms with Crippen LogP contribution in [0.15, 0.2) is 35.5 Å². The molecule has 212 valence electrons. The van der Waals surface area contributed by atoms with Crippen LogP contribution in [-0.4, -0.2) is 55.0 Å². The van der Waals surface area contributed by atoms with Crippen molar-refractivity contribution in [1.82, 2.24) is 0 Å². The van der Waals surface area contributed by atoms with Gasteiger partial charge in [0.05, 0.1) is 29.5 Å². The molecule has 0 aromatic heterocycles. The van der Waals surface area contributed by atoms with Crippen LogP contribution in [-0.2, 0) is 0 Å². The highest BCUT2D eigenvalue weighted by Crippen LogP contribution is 2.60. The van der Waals surface area contributed by atoms with E-state index in [4.69, 9.17) is 0 Å². The Balaban J connectivity index is 1.79. The number of rotatable bonds is 10. The minimum Gasteiger partial charge on any atom is -0.393 e. The molecule has 0 amide bonds. The van der Waals surface area contributed by atoms with Crippen LogP contribution in [0.5, 0.6) is 0 Å². The first-order valence-corrected chi connectivity index (χ1v) is 14.7. The zero-order chi connectivity index (χ0) is 27.6. The van der Waals surface area contributed by atoms with E-state index in [0.717, 1.165) is 49.7 Å². The quantitative estimate of drug-likeness (QED) is 0.259. The molecule has 0 spiro atoms. The van der Waals surface area contributed by atoms with Gasteiger partial charge in [0, 0.05) is 6.42 Å². The average Bonchev–Trinajstić information content (AvgIpc) is 3.13. The second kappa shape index (κ2) is 12.0. The molecule has 5 nitrogen and oxygen atoms in total. The summed E-state index contributed by atoms with van der Waals surface area (Å²) in [7, 11) is 0. The van der Waals surface area contributed by atoms with Crippen LogP contribution >= 0.6 is 0 Å². The Bertz CT molecular complexity index is 844. The van der Waals surface area contributed by atoms with Gasteiger partial charge < -0.3 is 25.5 Å². The monoisotopic (exact) mass is 518 g/mol. The fourth-order valence-electron chi connectivity index (χ4n) is 7.59. The number of aliphatic hydroxyl groups excluding tert-OH is 3. The van der Waals surface area contributed by atoms with Crippen LogP contribution in [0.2, 0.25) is 0 Å². The van der Waals surface area contributed by atoms with Crippen LogP contribution < -0.4 is 0 Å². The summed E-state index contributed by atoms with van der Waals surface area (Å²) < 4.78 is 0. The first-order valence-electron chi connectivity index (χ1n) is 14.7. The van der Waals surface area contributed by atoms with E-state index in [1.165, 1.54) is 24.8 Å². The molecule has 7 atom stereocenters. The van der Waals surface area contributed by atoms with E-state index in [1.807, 2.05) is 13.8 Å². The van der Waals surface area contributed by atoms with Crippen LogP contribution in [0.3, 0.4) is 0 Å². The van der Waals surface area contributed by atoms with Gasteiger partial charge >= 0.3 is 0 Å². The van der Waals surface area contributed by atoms with E-state index in [2.05, 4.69) is 25.7 Å². The molecule has 0 aromatic rings. The normalized spacial score (nSPS) is 35.1. The smallest absolute Gasteiger partial charge is 0.0849 e. The fourth-order valence-corrected chi connectivity index (χ4v) is 7.59. The highest BCUT2D eigenvalue weighted by atomic mass is 16.3. The topological polar surface area (TPSA) is 101 Å². The van der Waals surface area contributed by atoms with Crippen molar-refractivity contribution in [2.24, 2.45) is 23.2 Å². The summed E-state index contributed by atoms with van der Waals surface area (Å²) in [6, 6.07) is 0. The molecule has 0 aromatic carbocycles. The van der Waals surface area contributed by atoms with Gasteiger partial charge in [0.15, 0.2) is 0 Å². The largest absolute Gasteiger partial charge is 0.393 e. The number of hydrogen-bond donors (Lipinski definition) is 5. The van der Waals surface area contributed by atoms with E-state index in [-0.39, 0.29) is 5.41 Å². The maximum Gasteiger partial charge on any atom is 0.0849 e. The summed E-state index contributed by atoms with van der Waals surface area (Å²) in [5, 5.41) is 51.5. The highest BCUT2D eigenvalue weighted by molar-refractivity contribution is 5.38. The van der Waals surface area contributed by atoms with E-state index in [1.54, 1.807) is 13.8 Å². The van der Waals surface area contributed by atoms with Crippen LogP contribution in [0.25, 0.3) is 0 Å². The number of hydrogen-bond acceptors (Lipinski definition) is 5. The first kappa shape index (κ1) is 30.6. The molecular formula is C32H54O5. The molecular weight excluding hydrogens is 464 g/mol. The number of aliphatic hydroxyl groups is 5. The Labute approximate surface area is 225 Å². The van der Waals surface area contributed by atoms with Gasteiger partial charge in [0.1, 0.15) is 0 Å². The van der Waals surface area contributed by atoms with Gasteiger partial charge in [-0.1, -0.05) is 44.1 Å². The molecule has 0 aliphatic heterocycles. The summed E-state index contributed by atoms with van der Waals surface area (Å²) >= 11 is 0. The van der Waals surface area contributed by atoms with Gasteiger partial charge in [-0.25, -0.2) is 0 Å². The van der Waals surface area contributed by atoms with Gasteiger partial charge in [-0.15, -0.1) is 0 Å². The van der Waals surface area contributed by atoms with Crippen LogP contribution in [0.4, 0.5) is 0 Å². The van der Waals surface area contributed by atoms with Gasteiger partial charge in [-0.3, -0.25) is 0 Å². The lowest BCUT2D eigenvalue weighted by Crippen LogP contribution is -2.39. The minimum absolute atomic E-state index is 0.199. The summed E-state index contributed by atoms with van der Waals surface area (Å²) in [4.78, 5) is 0. The first-order chi connectivity index (χ1) is 17.1. The minimum atomic E-state index is -1.10. The zero-order valence-electron chi connectivity index (χ0n) is 24.0. The fraction of sp³-hybridized carbons (Fsp3) is 0.812. The van der Waals surface area contributed by atoms with Crippen LogP contribution in [0, 0.1) is 23.2 Å². The molecule has 0 saturated heterocycles. The Morgan fingerprint density at radius 3 is 2.41 bits per heavy atom. The van der Waals surface area contributed by atoms with Gasteiger partial charge in [0.2, 0.25) is 0 Å². The Morgan fingerprint density at radius 1 is 1.05 bits per heavy atom. The summed E-state index contributed by atoms with van der Waals surface area (Å²) in [6.07, 6.45) is 13.4. The van der Waals surface area contributed by atoms with Crippen molar-refractivity contribution in [2.75, 3.05) is 0 Å². The van der Waals surface area contributed by atoms with Crippen molar-refractivity contribution in [3.05, 3.63) is 35.5 Å². The van der Waals surface area contributed by atoms with Crippen molar-refractivity contribution in [3.63, 3.8) is 0 Å². The third-order valence-corrected chi connectivity index (χ3v) is 9.86. The second-order valence-corrected chi connectivity index (χ2v) is 13.9. The maximum absolute atomic E-state index is 10.6. The van der Waals surface area contributed by atoms with Crippen LogP contribution in [0.1, 0.15) is 112 Å². The molecule has 0 radical (unpaired) electrons.